The second-order valence-corrected chi connectivity index (χ2v) is 8.21. The fourth-order valence-corrected chi connectivity index (χ4v) is 3.61. The second-order valence-electron chi connectivity index (χ2n) is 7.80. The topological polar surface area (TPSA) is 35.5 Å². The zero-order chi connectivity index (χ0) is 18.6. The summed E-state index contributed by atoms with van der Waals surface area (Å²) in [4.78, 5) is 12.0. The number of esters is 1. The lowest BCUT2D eigenvalue weighted by Gasteiger charge is -2.20. The number of ether oxygens (including phenoxy) is 2. The maximum Gasteiger partial charge on any atom is 0.341 e. The molecule has 2 aliphatic carbocycles. The molecule has 3 atom stereocenters. The fourth-order valence-electron chi connectivity index (χ4n) is 3.39. The van der Waals surface area contributed by atoms with Crippen LogP contribution in [0.4, 0.5) is 13.2 Å². The number of hydrogen-bond donors (Lipinski definition) is 0. The normalized spacial score (nSPS) is 26.9. The van der Waals surface area contributed by atoms with Gasteiger partial charge in [-0.15, -0.1) is 0 Å². The lowest BCUT2D eigenvalue weighted by molar-refractivity contribution is 0.00646. The zero-order valence-electron chi connectivity index (χ0n) is 14.2. The first-order valence-corrected chi connectivity index (χ1v) is 8.60. The number of fused-ring (bicyclic) bond motifs is 1. The van der Waals surface area contributed by atoms with Crippen LogP contribution < -0.4 is 4.74 Å². The van der Waals surface area contributed by atoms with Crippen LogP contribution in [0.5, 0.6) is 5.75 Å². The molecule has 2 fully saturated rings. The Hall–Kier alpha value is -1.43. The summed E-state index contributed by atoms with van der Waals surface area (Å²) in [6.07, 6.45) is 0.821. The number of halogens is 4. The van der Waals surface area contributed by atoms with Crippen molar-refractivity contribution in [2.45, 2.75) is 45.1 Å². The average Bonchev–Trinajstić information content (AvgIpc) is 2.85. The maximum absolute atomic E-state index is 14.2. The molecule has 138 valence electrons. The van der Waals surface area contributed by atoms with E-state index in [1.807, 2.05) is 0 Å². The Morgan fingerprint density at radius 2 is 1.88 bits per heavy atom. The molecule has 0 heterocycles. The minimum atomic E-state index is -2.52. The molecule has 0 spiro atoms. The van der Waals surface area contributed by atoms with Crippen molar-refractivity contribution in [1.82, 2.24) is 0 Å². The van der Waals surface area contributed by atoms with Crippen molar-refractivity contribution >= 4 is 17.6 Å². The molecule has 0 saturated heterocycles. The van der Waals surface area contributed by atoms with Gasteiger partial charge in [0.15, 0.2) is 0 Å². The van der Waals surface area contributed by atoms with Gasteiger partial charge >= 0.3 is 5.97 Å². The van der Waals surface area contributed by atoms with E-state index in [0.29, 0.717) is 12.8 Å². The molecule has 0 bridgehead atoms. The Morgan fingerprint density at radius 1 is 1.28 bits per heavy atom. The molecule has 3 nitrogen and oxygen atoms in total. The number of benzene rings is 1. The third kappa shape index (κ3) is 3.73. The molecule has 0 aromatic heterocycles. The Morgan fingerprint density at radius 3 is 2.44 bits per heavy atom. The third-order valence-corrected chi connectivity index (χ3v) is 4.95. The molecule has 2 saturated carbocycles. The van der Waals surface area contributed by atoms with Gasteiger partial charge in [0.05, 0.1) is 17.2 Å². The molecule has 7 heteroatoms. The highest BCUT2D eigenvalue weighted by molar-refractivity contribution is 6.32. The third-order valence-electron chi connectivity index (χ3n) is 4.65. The Labute approximate surface area is 149 Å². The summed E-state index contributed by atoms with van der Waals surface area (Å²) in [7, 11) is 0. The summed E-state index contributed by atoms with van der Waals surface area (Å²) < 4.78 is 51.2. The summed E-state index contributed by atoms with van der Waals surface area (Å²) in [5.41, 5.74) is -1.02. The van der Waals surface area contributed by atoms with E-state index in [0.717, 1.165) is 6.07 Å². The molecule has 0 aliphatic heterocycles. The molecular weight excluding hydrogens is 357 g/mol. The quantitative estimate of drug-likeness (QED) is 0.685. The number of alkyl halides is 2. The van der Waals surface area contributed by atoms with Gasteiger partial charge in [-0.3, -0.25) is 0 Å². The van der Waals surface area contributed by atoms with Crippen LogP contribution in [0.2, 0.25) is 5.02 Å². The van der Waals surface area contributed by atoms with Gasteiger partial charge in [0, 0.05) is 17.9 Å². The van der Waals surface area contributed by atoms with Gasteiger partial charge in [0.1, 0.15) is 17.2 Å². The lowest BCUT2D eigenvalue weighted by Crippen LogP contribution is -2.24. The molecule has 0 N–H and O–H groups in total. The molecule has 1 aromatic rings. The highest BCUT2D eigenvalue weighted by atomic mass is 35.5. The molecule has 1 aromatic carbocycles. The summed E-state index contributed by atoms with van der Waals surface area (Å²) in [5, 5.41) is 0.0794. The van der Waals surface area contributed by atoms with Crippen molar-refractivity contribution in [3.05, 3.63) is 28.5 Å². The molecular formula is C18H20ClF3O3. The zero-order valence-corrected chi connectivity index (χ0v) is 15.0. The number of hydrogen-bond acceptors (Lipinski definition) is 3. The van der Waals surface area contributed by atoms with Crippen molar-refractivity contribution in [1.29, 1.82) is 0 Å². The minimum Gasteiger partial charge on any atom is -0.492 e. The van der Waals surface area contributed by atoms with E-state index in [9.17, 15) is 18.0 Å². The van der Waals surface area contributed by atoms with Crippen LogP contribution in [0.15, 0.2) is 12.1 Å². The summed E-state index contributed by atoms with van der Waals surface area (Å²) in [6.45, 7) is 5.24. The maximum atomic E-state index is 14.2. The Balaban J connectivity index is 1.62. The Bertz CT molecular complexity index is 686. The first-order chi connectivity index (χ1) is 11.5. The van der Waals surface area contributed by atoms with Crippen LogP contribution in [-0.4, -0.2) is 24.1 Å². The first kappa shape index (κ1) is 18.4. The predicted molar refractivity (Wildman–Crippen MR) is 86.7 cm³/mol. The molecule has 1 unspecified atom stereocenters. The van der Waals surface area contributed by atoms with Gasteiger partial charge in [-0.1, -0.05) is 11.6 Å². The smallest absolute Gasteiger partial charge is 0.341 e. The Kier molecular flexibility index (Phi) is 4.46. The molecule has 25 heavy (non-hydrogen) atoms. The summed E-state index contributed by atoms with van der Waals surface area (Å²) in [5.74, 6) is -5.09. The van der Waals surface area contributed by atoms with Gasteiger partial charge in [0.2, 0.25) is 0 Å². The average molecular weight is 377 g/mol. The van der Waals surface area contributed by atoms with E-state index in [-0.39, 0.29) is 28.9 Å². The van der Waals surface area contributed by atoms with Crippen molar-refractivity contribution in [3.8, 4) is 5.75 Å². The highest BCUT2D eigenvalue weighted by Gasteiger charge is 2.71. The van der Waals surface area contributed by atoms with E-state index in [1.165, 1.54) is 6.07 Å². The largest absolute Gasteiger partial charge is 0.492 e. The van der Waals surface area contributed by atoms with Crippen LogP contribution in [-0.2, 0) is 4.74 Å². The van der Waals surface area contributed by atoms with Crippen LogP contribution in [0.3, 0.4) is 0 Å². The van der Waals surface area contributed by atoms with E-state index in [2.05, 4.69) is 0 Å². The van der Waals surface area contributed by atoms with E-state index < -0.39 is 35.1 Å². The van der Waals surface area contributed by atoms with Gasteiger partial charge in [0.25, 0.3) is 5.92 Å². The molecule has 0 radical (unpaired) electrons. The van der Waals surface area contributed by atoms with Crippen LogP contribution >= 0.6 is 11.6 Å². The number of rotatable bonds is 4. The molecule has 3 rings (SSSR count). The SMILES string of the molecule is CC(C)(C)OC(=O)c1cc(Cl)c(OCC2C[C@@H]3[C@H](C2)C3(F)F)cc1F. The summed E-state index contributed by atoms with van der Waals surface area (Å²) >= 11 is 6.07. The predicted octanol–water partition coefficient (Wildman–Crippen LogP) is 5.10. The monoisotopic (exact) mass is 376 g/mol. The van der Waals surface area contributed by atoms with Crippen molar-refractivity contribution in [2.24, 2.45) is 17.8 Å². The van der Waals surface area contributed by atoms with E-state index >= 15 is 0 Å². The first-order valence-electron chi connectivity index (χ1n) is 8.22. The molecule has 0 amide bonds. The summed E-state index contributed by atoms with van der Waals surface area (Å²) in [6, 6.07) is 2.20. The van der Waals surface area contributed by atoms with Crippen molar-refractivity contribution in [3.63, 3.8) is 0 Å². The van der Waals surface area contributed by atoms with Gasteiger partial charge in [-0.25, -0.2) is 18.0 Å². The van der Waals surface area contributed by atoms with Crippen molar-refractivity contribution in [2.75, 3.05) is 6.61 Å². The van der Waals surface area contributed by atoms with Gasteiger partial charge in [-0.2, -0.15) is 0 Å². The van der Waals surface area contributed by atoms with E-state index in [4.69, 9.17) is 21.1 Å². The fraction of sp³-hybridized carbons (Fsp3) is 0.611. The van der Waals surface area contributed by atoms with Gasteiger partial charge in [-0.05, 0) is 45.6 Å². The molecule has 2 aliphatic rings. The van der Waals surface area contributed by atoms with Gasteiger partial charge < -0.3 is 9.47 Å². The van der Waals surface area contributed by atoms with Crippen LogP contribution in [0.1, 0.15) is 44.0 Å². The minimum absolute atomic E-state index is 0.0132. The highest BCUT2D eigenvalue weighted by Crippen LogP contribution is 2.65. The van der Waals surface area contributed by atoms with Crippen LogP contribution in [0.25, 0.3) is 0 Å². The van der Waals surface area contributed by atoms with E-state index in [1.54, 1.807) is 20.8 Å². The standard InChI is InChI=1S/C18H20ClF3O3/c1-17(2,3)25-16(23)10-6-13(19)15(7-14(10)20)24-8-9-4-11-12(5-9)18(11,21)22/h6-7,9,11-12H,4-5,8H2,1-3H3/t9?,11-,12+. The number of carbonyl (C=O) groups excluding carboxylic acids is 1. The number of carbonyl (C=O) groups is 1. The lowest BCUT2D eigenvalue weighted by atomic mass is 10.0. The second kappa shape index (κ2) is 6.08. The van der Waals surface area contributed by atoms with Crippen LogP contribution in [0, 0.1) is 23.6 Å². The van der Waals surface area contributed by atoms with Crippen molar-refractivity contribution < 1.29 is 27.4 Å².